The summed E-state index contributed by atoms with van der Waals surface area (Å²) >= 11 is 7.51. The molecule has 0 aliphatic heterocycles. The van der Waals surface area contributed by atoms with E-state index >= 15 is 0 Å². The lowest BCUT2D eigenvalue weighted by Crippen LogP contribution is -1.87. The smallest absolute Gasteiger partial charge is 0.401 e. The Bertz CT molecular complexity index is 824. The first-order valence-electron chi connectivity index (χ1n) is 5.46. The molecule has 8 heteroatoms. The molecule has 0 N–H and O–H groups in total. The van der Waals surface area contributed by atoms with Crippen LogP contribution in [0, 0.1) is 10.1 Å². The van der Waals surface area contributed by atoms with Gasteiger partial charge in [-0.3, -0.25) is 10.1 Å². The van der Waals surface area contributed by atoms with Crippen molar-refractivity contribution in [3.8, 4) is 0 Å². The maximum atomic E-state index is 10.5. The highest BCUT2D eigenvalue weighted by molar-refractivity contribution is 7.17. The fraction of sp³-hybridized carbons (Fsp3) is 0. The van der Waals surface area contributed by atoms with Crippen molar-refractivity contribution in [2.24, 2.45) is 0 Å². The van der Waals surface area contributed by atoms with Crippen molar-refractivity contribution in [1.29, 1.82) is 0 Å². The molecule has 3 heterocycles. The average Bonchev–Trinajstić information content (AvgIpc) is 3.05. The summed E-state index contributed by atoms with van der Waals surface area (Å²) in [5.41, 5.74) is 0.764. The van der Waals surface area contributed by atoms with Gasteiger partial charge < -0.3 is 4.42 Å². The molecule has 6 nitrogen and oxygen atoms in total. The Morgan fingerprint density at radius 2 is 2.15 bits per heavy atom. The number of aromatic nitrogens is 2. The van der Waals surface area contributed by atoms with Crippen LogP contribution in [0.3, 0.4) is 0 Å². The van der Waals surface area contributed by atoms with E-state index in [4.69, 9.17) is 16.0 Å². The molecule has 0 saturated heterocycles. The lowest BCUT2D eigenvalue weighted by atomic mass is 10.3. The lowest BCUT2D eigenvalue weighted by Gasteiger charge is -1.95. The van der Waals surface area contributed by atoms with Crippen LogP contribution < -0.4 is 0 Å². The molecule has 0 aliphatic rings. The van der Waals surface area contributed by atoms with Crippen molar-refractivity contribution in [3.05, 3.63) is 50.4 Å². The average molecular weight is 308 g/mol. The zero-order valence-electron chi connectivity index (χ0n) is 9.82. The van der Waals surface area contributed by atoms with E-state index in [1.165, 1.54) is 23.5 Å². The van der Waals surface area contributed by atoms with Gasteiger partial charge in [-0.2, -0.15) is 0 Å². The third kappa shape index (κ3) is 2.40. The van der Waals surface area contributed by atoms with Crippen LogP contribution in [0.1, 0.15) is 11.6 Å². The monoisotopic (exact) mass is 307 g/mol. The second kappa shape index (κ2) is 5.03. The first kappa shape index (κ1) is 12.8. The highest BCUT2D eigenvalue weighted by Crippen LogP contribution is 2.26. The molecule has 0 aromatic carbocycles. The Hall–Kier alpha value is -2.25. The zero-order chi connectivity index (χ0) is 14.1. The number of furan rings is 1. The van der Waals surface area contributed by atoms with Crippen LogP contribution >= 0.6 is 22.9 Å². The minimum absolute atomic E-state index is 0.308. The van der Waals surface area contributed by atoms with Crippen molar-refractivity contribution >= 4 is 51.2 Å². The van der Waals surface area contributed by atoms with E-state index in [0.717, 1.165) is 10.2 Å². The summed E-state index contributed by atoms with van der Waals surface area (Å²) in [7, 11) is 0. The number of nitro groups is 1. The minimum atomic E-state index is -0.595. The highest BCUT2D eigenvalue weighted by atomic mass is 35.5. The lowest BCUT2D eigenvalue weighted by molar-refractivity contribution is -0.402. The molecule has 0 unspecified atom stereocenters. The van der Waals surface area contributed by atoms with Gasteiger partial charge in [-0.25, -0.2) is 9.97 Å². The predicted octanol–water partition coefficient (Wildman–Crippen LogP) is 4.02. The quantitative estimate of drug-likeness (QED) is 0.414. The largest absolute Gasteiger partial charge is 0.433 e. The second-order valence-electron chi connectivity index (χ2n) is 3.77. The topological polar surface area (TPSA) is 82.1 Å². The zero-order valence-corrected chi connectivity index (χ0v) is 11.4. The van der Waals surface area contributed by atoms with E-state index < -0.39 is 4.92 Å². The van der Waals surface area contributed by atoms with Gasteiger partial charge in [0, 0.05) is 0 Å². The number of hydrogen-bond donors (Lipinski definition) is 0. The molecule has 0 spiro atoms. The molecule has 0 fully saturated rings. The van der Waals surface area contributed by atoms with Crippen LogP contribution in [-0.4, -0.2) is 14.9 Å². The number of nitrogens with zero attached hydrogens (tertiary/aromatic N) is 3. The van der Waals surface area contributed by atoms with Crippen molar-refractivity contribution in [1.82, 2.24) is 9.97 Å². The molecular weight excluding hydrogens is 302 g/mol. The Kier molecular flexibility index (Phi) is 3.21. The van der Waals surface area contributed by atoms with Gasteiger partial charge in [0.25, 0.3) is 0 Å². The molecule has 0 saturated carbocycles. The number of hydrogen-bond acceptors (Lipinski definition) is 6. The molecular formula is C12H6ClN3O3S. The van der Waals surface area contributed by atoms with Crippen molar-refractivity contribution in [2.75, 3.05) is 0 Å². The van der Waals surface area contributed by atoms with E-state index in [1.807, 2.05) is 11.4 Å². The number of fused-ring (bicyclic) bond motifs is 1. The van der Waals surface area contributed by atoms with Crippen molar-refractivity contribution in [2.45, 2.75) is 0 Å². The molecule has 0 aliphatic carbocycles. The standard InChI is InChI=1S/C12H6ClN3O3S/c13-12-11-8(5-6-20-11)14-9(15-12)3-1-7-2-4-10(19-7)16(17)18/h1-6H. The van der Waals surface area contributed by atoms with E-state index in [0.29, 0.717) is 16.7 Å². The van der Waals surface area contributed by atoms with E-state index in [9.17, 15) is 10.1 Å². The van der Waals surface area contributed by atoms with E-state index in [-0.39, 0.29) is 5.88 Å². The van der Waals surface area contributed by atoms with Crippen LogP contribution in [0.15, 0.2) is 28.0 Å². The fourth-order valence-electron chi connectivity index (χ4n) is 1.61. The molecule has 0 amide bonds. The first-order chi connectivity index (χ1) is 9.63. The molecule has 3 aromatic rings. The van der Waals surface area contributed by atoms with Gasteiger partial charge in [-0.15, -0.1) is 11.3 Å². The van der Waals surface area contributed by atoms with Gasteiger partial charge in [-0.1, -0.05) is 11.6 Å². The Morgan fingerprint density at radius 3 is 2.90 bits per heavy atom. The number of thiophene rings is 1. The SMILES string of the molecule is O=[N+]([O-])c1ccc(C=Cc2nc(Cl)c3sccc3n2)o1. The Labute approximate surface area is 121 Å². The fourth-order valence-corrected chi connectivity index (χ4v) is 2.63. The summed E-state index contributed by atoms with van der Waals surface area (Å²) < 4.78 is 5.83. The van der Waals surface area contributed by atoms with Gasteiger partial charge in [0.1, 0.15) is 10.7 Å². The van der Waals surface area contributed by atoms with E-state index in [2.05, 4.69) is 9.97 Å². The highest BCUT2D eigenvalue weighted by Gasteiger charge is 2.10. The third-order valence-electron chi connectivity index (χ3n) is 2.47. The summed E-state index contributed by atoms with van der Waals surface area (Å²) in [5.74, 6) is 0.457. The summed E-state index contributed by atoms with van der Waals surface area (Å²) in [6.45, 7) is 0. The predicted molar refractivity (Wildman–Crippen MR) is 76.7 cm³/mol. The van der Waals surface area contributed by atoms with Crippen LogP contribution in [0.25, 0.3) is 22.4 Å². The van der Waals surface area contributed by atoms with Gasteiger partial charge in [0.15, 0.2) is 11.0 Å². The molecule has 3 aromatic heterocycles. The number of halogens is 1. The van der Waals surface area contributed by atoms with E-state index in [1.54, 1.807) is 12.2 Å². The molecule has 3 rings (SSSR count). The van der Waals surface area contributed by atoms with Crippen molar-refractivity contribution in [3.63, 3.8) is 0 Å². The maximum Gasteiger partial charge on any atom is 0.433 e. The first-order valence-corrected chi connectivity index (χ1v) is 6.72. The molecule has 0 atom stereocenters. The normalized spacial score (nSPS) is 11.4. The Balaban J connectivity index is 1.91. The third-order valence-corrected chi connectivity index (χ3v) is 3.76. The van der Waals surface area contributed by atoms with Crippen LogP contribution in [0.2, 0.25) is 5.15 Å². The van der Waals surface area contributed by atoms with Gasteiger partial charge in [0.2, 0.25) is 0 Å². The van der Waals surface area contributed by atoms with Crippen LogP contribution in [0.4, 0.5) is 5.88 Å². The van der Waals surface area contributed by atoms with Gasteiger partial charge in [-0.05, 0) is 29.7 Å². The summed E-state index contributed by atoms with van der Waals surface area (Å²) in [5, 5.41) is 12.8. The maximum absolute atomic E-state index is 10.5. The van der Waals surface area contributed by atoms with Crippen LogP contribution in [0.5, 0.6) is 0 Å². The number of rotatable bonds is 3. The molecule has 0 bridgehead atoms. The van der Waals surface area contributed by atoms with Crippen LogP contribution in [-0.2, 0) is 0 Å². The summed E-state index contributed by atoms with van der Waals surface area (Å²) in [4.78, 5) is 18.3. The minimum Gasteiger partial charge on any atom is -0.401 e. The Morgan fingerprint density at radius 1 is 1.30 bits per heavy atom. The van der Waals surface area contributed by atoms with Gasteiger partial charge in [0.05, 0.1) is 16.3 Å². The molecule has 0 radical (unpaired) electrons. The summed E-state index contributed by atoms with van der Waals surface area (Å²) in [6, 6.07) is 4.64. The second-order valence-corrected chi connectivity index (χ2v) is 5.05. The molecule has 20 heavy (non-hydrogen) atoms. The van der Waals surface area contributed by atoms with Gasteiger partial charge >= 0.3 is 5.88 Å². The molecule has 100 valence electrons. The summed E-state index contributed by atoms with van der Waals surface area (Å²) in [6.07, 6.45) is 3.14. The van der Waals surface area contributed by atoms with Crippen molar-refractivity contribution < 1.29 is 9.34 Å².